The van der Waals surface area contributed by atoms with Crippen molar-refractivity contribution in [3.8, 4) is 5.75 Å². The third-order valence-corrected chi connectivity index (χ3v) is 3.60. The van der Waals surface area contributed by atoms with Gasteiger partial charge < -0.3 is 9.84 Å². The summed E-state index contributed by atoms with van der Waals surface area (Å²) in [4.78, 5) is 10.0. The van der Waals surface area contributed by atoms with Gasteiger partial charge in [0, 0.05) is 0 Å². The smallest absolute Gasteiger partial charge is 0.341 e. The second-order valence-electron chi connectivity index (χ2n) is 3.34. The van der Waals surface area contributed by atoms with Gasteiger partial charge in [-0.2, -0.15) is 0 Å². The Labute approximate surface area is 103 Å². The predicted molar refractivity (Wildman–Crippen MR) is 61.8 cm³/mol. The number of halogens is 1. The van der Waals surface area contributed by atoms with E-state index in [2.05, 4.69) is 11.3 Å². The second-order valence-corrected chi connectivity index (χ2v) is 5.38. The van der Waals surface area contributed by atoms with Crippen LogP contribution in [-0.2, 0) is 14.6 Å². The van der Waals surface area contributed by atoms with Gasteiger partial charge >= 0.3 is 5.97 Å². The fourth-order valence-electron chi connectivity index (χ4n) is 1.18. The fourth-order valence-corrected chi connectivity index (χ4v) is 2.24. The minimum atomic E-state index is -3.61. The van der Waals surface area contributed by atoms with Crippen molar-refractivity contribution in [3.05, 3.63) is 36.7 Å². The zero-order valence-electron chi connectivity index (χ0n) is 9.30. The molecule has 0 aromatic heterocycles. The summed E-state index contributed by atoms with van der Waals surface area (Å²) < 4.78 is 41.3. The van der Waals surface area contributed by atoms with Crippen LogP contribution in [0.4, 0.5) is 4.39 Å². The highest BCUT2D eigenvalue weighted by Crippen LogP contribution is 2.21. The van der Waals surface area contributed by atoms with Crippen LogP contribution in [0.3, 0.4) is 0 Å². The molecule has 0 aliphatic rings. The Bertz CT molecular complexity index is 565. The van der Waals surface area contributed by atoms with Gasteiger partial charge in [0.15, 0.2) is 28.0 Å². The van der Waals surface area contributed by atoms with Crippen LogP contribution in [0, 0.1) is 5.82 Å². The molecule has 1 N–H and O–H groups in total. The van der Waals surface area contributed by atoms with Gasteiger partial charge in [-0.25, -0.2) is 17.6 Å². The molecule has 5 nitrogen and oxygen atoms in total. The Kier molecular flexibility index (Phi) is 4.43. The number of carboxylic acids is 1. The summed E-state index contributed by atoms with van der Waals surface area (Å²) in [6, 6.07) is 3.02. The van der Waals surface area contributed by atoms with Gasteiger partial charge in [-0.15, -0.1) is 6.58 Å². The maximum atomic E-state index is 13.5. The molecule has 0 aliphatic carbocycles. The van der Waals surface area contributed by atoms with Gasteiger partial charge in [0.2, 0.25) is 0 Å². The minimum absolute atomic E-state index is 0.206. The summed E-state index contributed by atoms with van der Waals surface area (Å²) in [6.45, 7) is 2.60. The van der Waals surface area contributed by atoms with E-state index >= 15 is 0 Å². The van der Waals surface area contributed by atoms with Crippen molar-refractivity contribution in [3.63, 3.8) is 0 Å². The average Bonchev–Trinajstić information content (AvgIpc) is 2.27. The normalized spacial score (nSPS) is 10.9. The van der Waals surface area contributed by atoms with E-state index in [0.29, 0.717) is 0 Å². The largest absolute Gasteiger partial charge is 0.479 e. The van der Waals surface area contributed by atoms with Crippen LogP contribution >= 0.6 is 0 Å². The van der Waals surface area contributed by atoms with E-state index in [1.165, 1.54) is 6.08 Å². The fraction of sp³-hybridized carbons (Fsp3) is 0.182. The molecule has 1 rings (SSSR count). The first kappa shape index (κ1) is 14.2. The lowest BCUT2D eigenvalue weighted by Gasteiger charge is -2.06. The third-order valence-electron chi connectivity index (χ3n) is 1.95. The zero-order valence-corrected chi connectivity index (χ0v) is 10.1. The van der Waals surface area contributed by atoms with E-state index in [0.717, 1.165) is 18.2 Å². The number of aliphatic carboxylic acids is 1. The summed E-state index contributed by atoms with van der Waals surface area (Å²) in [6.07, 6.45) is 1.20. The van der Waals surface area contributed by atoms with Gasteiger partial charge in [0.25, 0.3) is 0 Å². The number of ether oxygens (including phenoxy) is 1. The topological polar surface area (TPSA) is 80.7 Å². The molecule has 0 aliphatic heterocycles. The van der Waals surface area contributed by atoms with E-state index in [4.69, 9.17) is 5.11 Å². The molecule has 0 amide bonds. The number of sulfone groups is 1. The Morgan fingerprint density at radius 3 is 2.67 bits per heavy atom. The van der Waals surface area contributed by atoms with Crippen molar-refractivity contribution in [2.75, 3.05) is 12.4 Å². The highest BCUT2D eigenvalue weighted by Gasteiger charge is 2.15. The lowest BCUT2D eigenvalue weighted by Crippen LogP contribution is -2.11. The predicted octanol–water partition coefficient (Wildman–Crippen LogP) is 1.25. The molecule has 0 atom stereocenters. The quantitative estimate of drug-likeness (QED) is 0.789. The SMILES string of the molecule is C=CCS(=O)(=O)c1ccc(OCC(=O)O)c(F)c1. The number of carboxylic acid groups (broad SMARTS) is 1. The minimum Gasteiger partial charge on any atom is -0.479 e. The molecule has 0 radical (unpaired) electrons. The average molecular weight is 274 g/mol. The molecule has 0 spiro atoms. The third kappa shape index (κ3) is 3.56. The van der Waals surface area contributed by atoms with Gasteiger partial charge in [-0.3, -0.25) is 0 Å². The van der Waals surface area contributed by atoms with Gasteiger partial charge in [-0.1, -0.05) is 6.08 Å². The lowest BCUT2D eigenvalue weighted by atomic mass is 10.3. The van der Waals surface area contributed by atoms with Gasteiger partial charge in [-0.05, 0) is 18.2 Å². The Morgan fingerprint density at radius 2 is 2.17 bits per heavy atom. The molecule has 7 heteroatoms. The van der Waals surface area contributed by atoms with E-state index < -0.39 is 28.2 Å². The van der Waals surface area contributed by atoms with Crippen molar-refractivity contribution >= 4 is 15.8 Å². The molecular weight excluding hydrogens is 263 g/mol. The first-order valence-electron chi connectivity index (χ1n) is 4.84. The number of hydrogen-bond donors (Lipinski definition) is 1. The number of carbonyl (C=O) groups is 1. The van der Waals surface area contributed by atoms with Crippen molar-refractivity contribution in [2.45, 2.75) is 4.90 Å². The Morgan fingerprint density at radius 1 is 1.50 bits per heavy atom. The van der Waals surface area contributed by atoms with Crippen LogP contribution in [0.5, 0.6) is 5.75 Å². The monoisotopic (exact) mass is 274 g/mol. The first-order chi connectivity index (χ1) is 8.36. The number of rotatable bonds is 6. The number of benzene rings is 1. The highest BCUT2D eigenvalue weighted by atomic mass is 32.2. The molecule has 0 bridgehead atoms. The zero-order chi connectivity index (χ0) is 13.8. The summed E-state index contributed by atoms with van der Waals surface area (Å²) in [7, 11) is -3.61. The Hall–Kier alpha value is -1.89. The summed E-state index contributed by atoms with van der Waals surface area (Å²) in [5, 5.41) is 8.37. The molecule has 1 aromatic carbocycles. The van der Waals surface area contributed by atoms with Crippen LogP contribution in [-0.4, -0.2) is 31.9 Å². The van der Waals surface area contributed by atoms with Crippen LogP contribution in [0.1, 0.15) is 0 Å². The van der Waals surface area contributed by atoms with Crippen molar-refractivity contribution in [1.82, 2.24) is 0 Å². The molecule has 0 unspecified atom stereocenters. The Balaban J connectivity index is 2.99. The van der Waals surface area contributed by atoms with Crippen LogP contribution < -0.4 is 4.74 Å². The lowest BCUT2D eigenvalue weighted by molar-refractivity contribution is -0.139. The van der Waals surface area contributed by atoms with E-state index in [1.54, 1.807) is 0 Å². The molecule has 0 saturated heterocycles. The molecule has 1 aromatic rings. The summed E-state index contributed by atoms with van der Waals surface area (Å²) >= 11 is 0. The maximum Gasteiger partial charge on any atom is 0.341 e. The molecule has 18 heavy (non-hydrogen) atoms. The van der Waals surface area contributed by atoms with Crippen LogP contribution in [0.2, 0.25) is 0 Å². The first-order valence-corrected chi connectivity index (χ1v) is 6.50. The maximum absolute atomic E-state index is 13.5. The molecule has 0 fully saturated rings. The molecule has 0 heterocycles. The van der Waals surface area contributed by atoms with Crippen LogP contribution in [0.25, 0.3) is 0 Å². The van der Waals surface area contributed by atoms with Crippen molar-refractivity contribution in [1.29, 1.82) is 0 Å². The molecular formula is C11H11FO5S. The van der Waals surface area contributed by atoms with Crippen molar-refractivity contribution < 1.29 is 27.4 Å². The van der Waals surface area contributed by atoms with E-state index in [-0.39, 0.29) is 16.4 Å². The van der Waals surface area contributed by atoms with Gasteiger partial charge in [0.1, 0.15) is 0 Å². The van der Waals surface area contributed by atoms with Crippen LogP contribution in [0.15, 0.2) is 35.7 Å². The summed E-state index contributed by atoms with van der Waals surface area (Å²) in [5.74, 6) is -2.80. The highest BCUT2D eigenvalue weighted by molar-refractivity contribution is 7.91. The second kappa shape index (κ2) is 5.63. The van der Waals surface area contributed by atoms with Crippen molar-refractivity contribution in [2.24, 2.45) is 0 Å². The molecule has 98 valence electrons. The van der Waals surface area contributed by atoms with E-state index in [1.807, 2.05) is 0 Å². The van der Waals surface area contributed by atoms with E-state index in [9.17, 15) is 17.6 Å². The standard InChI is InChI=1S/C11H11FO5S/c1-2-5-18(15,16)8-3-4-10(9(12)6-8)17-7-11(13)14/h2-4,6H,1,5,7H2,(H,13,14). The molecule has 0 saturated carbocycles. The number of hydrogen-bond acceptors (Lipinski definition) is 4. The summed E-state index contributed by atoms with van der Waals surface area (Å²) in [5.41, 5.74) is 0. The van der Waals surface area contributed by atoms with Gasteiger partial charge in [0.05, 0.1) is 10.6 Å².